The summed E-state index contributed by atoms with van der Waals surface area (Å²) in [6.07, 6.45) is 3.37. The number of aryl methyl sites for hydroxylation is 1. The molecule has 0 radical (unpaired) electrons. The zero-order chi connectivity index (χ0) is 13.2. The summed E-state index contributed by atoms with van der Waals surface area (Å²) in [5, 5.41) is 0. The normalized spacial score (nSPS) is 11.7. The first kappa shape index (κ1) is 12.8. The minimum atomic E-state index is -3.54. The van der Waals surface area contributed by atoms with E-state index in [1.165, 1.54) is 12.5 Å². The molecule has 0 amide bonds. The quantitative estimate of drug-likeness (QED) is 0.892. The molecular formula is C12H15N3O2S. The molecule has 0 saturated carbocycles. The topological polar surface area (TPSA) is 78.0 Å². The Morgan fingerprint density at radius 3 is 2.56 bits per heavy atom. The fourth-order valence-electron chi connectivity index (χ4n) is 1.58. The molecule has 0 atom stereocenters. The van der Waals surface area contributed by atoms with Gasteiger partial charge in [0.15, 0.2) is 0 Å². The van der Waals surface area contributed by atoms with Crippen molar-refractivity contribution < 1.29 is 8.42 Å². The van der Waals surface area contributed by atoms with Crippen molar-refractivity contribution in [3.8, 4) is 0 Å². The van der Waals surface area contributed by atoms with Crippen molar-refractivity contribution in [1.82, 2.24) is 8.96 Å². The minimum absolute atomic E-state index is 0.254. The predicted molar refractivity (Wildman–Crippen MR) is 68.7 cm³/mol. The van der Waals surface area contributed by atoms with Crippen molar-refractivity contribution in [3.63, 3.8) is 0 Å². The summed E-state index contributed by atoms with van der Waals surface area (Å²) in [5.41, 5.74) is 7.10. The molecule has 96 valence electrons. The van der Waals surface area contributed by atoms with Crippen LogP contribution in [0.4, 0.5) is 0 Å². The van der Waals surface area contributed by atoms with Gasteiger partial charge in [-0.15, -0.1) is 0 Å². The van der Waals surface area contributed by atoms with E-state index in [2.05, 4.69) is 4.98 Å². The molecule has 2 rings (SSSR count). The first-order chi connectivity index (χ1) is 8.54. The van der Waals surface area contributed by atoms with Crippen molar-refractivity contribution in [2.75, 3.05) is 6.54 Å². The van der Waals surface area contributed by atoms with Crippen LogP contribution in [0, 0.1) is 6.92 Å². The summed E-state index contributed by atoms with van der Waals surface area (Å²) >= 11 is 0. The van der Waals surface area contributed by atoms with Gasteiger partial charge >= 0.3 is 0 Å². The van der Waals surface area contributed by atoms with Gasteiger partial charge < -0.3 is 5.73 Å². The predicted octanol–water partition coefficient (Wildman–Crippen LogP) is 0.930. The maximum atomic E-state index is 12.3. The molecule has 0 aliphatic rings. The molecular weight excluding hydrogens is 250 g/mol. The van der Waals surface area contributed by atoms with Crippen molar-refractivity contribution in [1.29, 1.82) is 0 Å². The van der Waals surface area contributed by atoms with Gasteiger partial charge in [-0.3, -0.25) is 0 Å². The monoisotopic (exact) mass is 265 g/mol. The molecule has 6 heteroatoms. The molecule has 2 N–H and O–H groups in total. The van der Waals surface area contributed by atoms with Crippen molar-refractivity contribution in [3.05, 3.63) is 48.0 Å². The standard InChI is InChI=1S/C12H15N3O2S/c1-10-2-4-12(5-3-10)18(16,17)15-8-11(6-7-13)14-9-15/h2-5,8-9H,6-7,13H2,1H3. The first-order valence-corrected chi connectivity index (χ1v) is 7.03. The van der Waals surface area contributed by atoms with E-state index >= 15 is 0 Å². The number of imidazole rings is 1. The molecule has 0 bridgehead atoms. The van der Waals surface area contributed by atoms with E-state index in [1.54, 1.807) is 24.3 Å². The third-order valence-electron chi connectivity index (χ3n) is 2.61. The van der Waals surface area contributed by atoms with Crippen molar-refractivity contribution in [2.24, 2.45) is 5.73 Å². The van der Waals surface area contributed by atoms with E-state index in [0.29, 0.717) is 18.7 Å². The number of hydrogen-bond donors (Lipinski definition) is 1. The molecule has 0 saturated heterocycles. The summed E-state index contributed by atoms with van der Waals surface area (Å²) in [5.74, 6) is 0. The van der Waals surface area contributed by atoms with E-state index in [-0.39, 0.29) is 4.90 Å². The highest BCUT2D eigenvalue weighted by Gasteiger charge is 2.16. The van der Waals surface area contributed by atoms with Crippen molar-refractivity contribution in [2.45, 2.75) is 18.2 Å². The Kier molecular flexibility index (Phi) is 3.49. The van der Waals surface area contributed by atoms with Gasteiger partial charge in [-0.2, -0.15) is 0 Å². The highest BCUT2D eigenvalue weighted by atomic mass is 32.2. The van der Waals surface area contributed by atoms with Crippen LogP contribution in [0.15, 0.2) is 41.7 Å². The van der Waals surface area contributed by atoms with Crippen LogP contribution in [0.1, 0.15) is 11.3 Å². The van der Waals surface area contributed by atoms with Crippen LogP contribution in [0.3, 0.4) is 0 Å². The van der Waals surface area contributed by atoms with E-state index in [1.807, 2.05) is 6.92 Å². The SMILES string of the molecule is Cc1ccc(S(=O)(=O)n2cnc(CCN)c2)cc1. The van der Waals surface area contributed by atoms with E-state index in [0.717, 1.165) is 9.54 Å². The van der Waals surface area contributed by atoms with Crippen LogP contribution in [-0.4, -0.2) is 23.9 Å². The second-order valence-electron chi connectivity index (χ2n) is 4.05. The summed E-state index contributed by atoms with van der Waals surface area (Å²) < 4.78 is 25.6. The van der Waals surface area contributed by atoms with Gasteiger partial charge in [-0.25, -0.2) is 17.4 Å². The lowest BCUT2D eigenvalue weighted by Crippen LogP contribution is -2.11. The van der Waals surface area contributed by atoms with Crippen LogP contribution in [-0.2, 0) is 16.4 Å². The van der Waals surface area contributed by atoms with Crippen molar-refractivity contribution >= 4 is 10.0 Å². The first-order valence-electron chi connectivity index (χ1n) is 5.59. The summed E-state index contributed by atoms with van der Waals surface area (Å²) in [6, 6.07) is 6.72. The lowest BCUT2D eigenvalue weighted by molar-refractivity contribution is 0.587. The number of nitrogens with zero attached hydrogens (tertiary/aromatic N) is 2. The molecule has 1 aromatic heterocycles. The maximum absolute atomic E-state index is 12.3. The summed E-state index contributed by atoms with van der Waals surface area (Å²) in [7, 11) is -3.54. The van der Waals surface area contributed by atoms with Gasteiger partial charge in [0.2, 0.25) is 0 Å². The van der Waals surface area contributed by atoms with E-state index in [9.17, 15) is 8.42 Å². The van der Waals surface area contributed by atoms with Crippen LogP contribution in [0.5, 0.6) is 0 Å². The highest BCUT2D eigenvalue weighted by molar-refractivity contribution is 7.90. The molecule has 2 aromatic rings. The molecule has 1 aromatic carbocycles. The molecule has 0 spiro atoms. The minimum Gasteiger partial charge on any atom is -0.330 e. The van der Waals surface area contributed by atoms with Gasteiger partial charge in [0.25, 0.3) is 10.0 Å². The number of nitrogens with two attached hydrogens (primary N) is 1. The van der Waals surface area contributed by atoms with Crippen LogP contribution >= 0.6 is 0 Å². The third kappa shape index (κ3) is 2.44. The Labute approximate surface area is 106 Å². The number of rotatable bonds is 4. The Morgan fingerprint density at radius 1 is 1.28 bits per heavy atom. The average molecular weight is 265 g/mol. The number of aromatic nitrogens is 2. The lowest BCUT2D eigenvalue weighted by atomic mass is 10.2. The van der Waals surface area contributed by atoms with Gasteiger partial charge in [0, 0.05) is 12.6 Å². The molecule has 0 aliphatic heterocycles. The number of benzene rings is 1. The molecule has 1 heterocycles. The highest BCUT2D eigenvalue weighted by Crippen LogP contribution is 2.14. The number of hydrogen-bond acceptors (Lipinski definition) is 4. The molecule has 0 fully saturated rings. The van der Waals surface area contributed by atoms with Gasteiger partial charge in [0.1, 0.15) is 6.33 Å². The fourth-order valence-corrected chi connectivity index (χ4v) is 2.74. The fraction of sp³-hybridized carbons (Fsp3) is 0.250. The Hall–Kier alpha value is -1.66. The van der Waals surface area contributed by atoms with Crippen LogP contribution in [0.25, 0.3) is 0 Å². The maximum Gasteiger partial charge on any atom is 0.268 e. The Bertz CT molecular complexity index is 630. The Morgan fingerprint density at radius 2 is 1.94 bits per heavy atom. The smallest absolute Gasteiger partial charge is 0.268 e. The van der Waals surface area contributed by atoms with Crippen LogP contribution in [0.2, 0.25) is 0 Å². The molecule has 0 unspecified atom stereocenters. The van der Waals surface area contributed by atoms with E-state index in [4.69, 9.17) is 5.73 Å². The largest absolute Gasteiger partial charge is 0.330 e. The zero-order valence-electron chi connectivity index (χ0n) is 10.1. The van der Waals surface area contributed by atoms with E-state index < -0.39 is 10.0 Å². The summed E-state index contributed by atoms with van der Waals surface area (Å²) in [6.45, 7) is 2.36. The van der Waals surface area contributed by atoms with Gasteiger partial charge in [0.05, 0.1) is 10.6 Å². The third-order valence-corrected chi connectivity index (χ3v) is 4.23. The molecule has 18 heavy (non-hydrogen) atoms. The average Bonchev–Trinajstić information content (AvgIpc) is 2.79. The molecule has 0 aliphatic carbocycles. The molecule has 5 nitrogen and oxygen atoms in total. The second kappa shape index (κ2) is 4.91. The zero-order valence-corrected chi connectivity index (χ0v) is 10.9. The van der Waals surface area contributed by atoms with Gasteiger partial charge in [-0.1, -0.05) is 17.7 Å². The van der Waals surface area contributed by atoms with Gasteiger partial charge in [-0.05, 0) is 25.6 Å². The lowest BCUT2D eigenvalue weighted by Gasteiger charge is -2.04. The van der Waals surface area contributed by atoms with Crippen LogP contribution < -0.4 is 5.73 Å². The second-order valence-corrected chi connectivity index (χ2v) is 5.89. The summed E-state index contributed by atoms with van der Waals surface area (Å²) in [4.78, 5) is 4.27. The Balaban J connectivity index is 2.38.